The predicted octanol–water partition coefficient (Wildman–Crippen LogP) is 1.37. The summed E-state index contributed by atoms with van der Waals surface area (Å²) in [4.78, 5) is 26.4. The fourth-order valence-electron chi connectivity index (χ4n) is 2.23. The highest BCUT2D eigenvalue weighted by atomic mass is 32.1. The largest absolute Gasteiger partial charge is 0.343 e. The van der Waals surface area contributed by atoms with E-state index in [4.69, 9.17) is 0 Å². The highest BCUT2D eigenvalue weighted by Gasteiger charge is 2.34. The molecular weight excluding hydrogens is 248 g/mol. The molecule has 4 nitrogen and oxygen atoms in total. The third kappa shape index (κ3) is 2.56. The van der Waals surface area contributed by atoms with E-state index in [1.807, 2.05) is 11.4 Å². The molecule has 1 aromatic heterocycles. The fraction of sp³-hybridized carbons (Fsp3) is 0.538. The third-order valence-corrected chi connectivity index (χ3v) is 4.40. The fourth-order valence-corrected chi connectivity index (χ4v) is 3.07. The van der Waals surface area contributed by atoms with E-state index in [1.54, 1.807) is 23.2 Å². The molecule has 1 saturated heterocycles. The second-order valence-electron chi connectivity index (χ2n) is 5.34. The Morgan fingerprint density at radius 3 is 2.83 bits per heavy atom. The van der Waals surface area contributed by atoms with E-state index in [1.165, 1.54) is 4.88 Å². The molecule has 2 rings (SSSR count). The Hall–Kier alpha value is -1.36. The summed E-state index contributed by atoms with van der Waals surface area (Å²) in [5.41, 5.74) is -0.124. The Morgan fingerprint density at radius 2 is 2.22 bits per heavy atom. The monoisotopic (exact) mass is 266 g/mol. The summed E-state index contributed by atoms with van der Waals surface area (Å²) in [6.07, 6.45) is 0. The van der Waals surface area contributed by atoms with E-state index in [-0.39, 0.29) is 23.8 Å². The van der Waals surface area contributed by atoms with E-state index in [9.17, 15) is 9.59 Å². The zero-order chi connectivity index (χ0) is 13.3. The Kier molecular flexibility index (Phi) is 3.43. The zero-order valence-corrected chi connectivity index (χ0v) is 11.7. The molecule has 0 saturated carbocycles. The standard InChI is InChI=1S/C13H18N2O2S/c1-9-12(17)15(7-11(16)14-9)8-13(2,3)10-5-4-6-18-10/h4-6,9H,7-8H2,1-3H3,(H,14,16). The van der Waals surface area contributed by atoms with Gasteiger partial charge in [-0.2, -0.15) is 0 Å². The molecule has 18 heavy (non-hydrogen) atoms. The van der Waals surface area contributed by atoms with Crippen molar-refractivity contribution in [3.63, 3.8) is 0 Å². The molecule has 0 aliphatic carbocycles. The predicted molar refractivity (Wildman–Crippen MR) is 71.5 cm³/mol. The van der Waals surface area contributed by atoms with Gasteiger partial charge in [-0.3, -0.25) is 9.59 Å². The normalized spacial score (nSPS) is 21.1. The van der Waals surface area contributed by atoms with Crippen molar-refractivity contribution in [2.45, 2.75) is 32.2 Å². The smallest absolute Gasteiger partial charge is 0.245 e. The Labute approximate surface area is 111 Å². The summed E-state index contributed by atoms with van der Waals surface area (Å²) < 4.78 is 0. The highest BCUT2D eigenvalue weighted by Crippen LogP contribution is 2.28. The molecule has 1 aromatic rings. The van der Waals surface area contributed by atoms with Gasteiger partial charge in [0.1, 0.15) is 6.04 Å². The molecule has 1 aliphatic heterocycles. The number of carbonyl (C=O) groups is 2. The molecule has 2 amide bonds. The van der Waals surface area contributed by atoms with Crippen LogP contribution >= 0.6 is 11.3 Å². The van der Waals surface area contributed by atoms with Gasteiger partial charge in [0.15, 0.2) is 0 Å². The van der Waals surface area contributed by atoms with Crippen molar-refractivity contribution in [1.82, 2.24) is 10.2 Å². The molecule has 1 N–H and O–H groups in total. The van der Waals surface area contributed by atoms with Gasteiger partial charge in [-0.05, 0) is 18.4 Å². The van der Waals surface area contributed by atoms with Gasteiger partial charge < -0.3 is 10.2 Å². The summed E-state index contributed by atoms with van der Waals surface area (Å²) in [5, 5.41) is 4.68. The van der Waals surface area contributed by atoms with Crippen LogP contribution in [0.5, 0.6) is 0 Å². The van der Waals surface area contributed by atoms with Crippen molar-refractivity contribution in [3.8, 4) is 0 Å². The van der Waals surface area contributed by atoms with Gasteiger partial charge in [0, 0.05) is 16.8 Å². The molecule has 1 atom stereocenters. The summed E-state index contributed by atoms with van der Waals surface area (Å²) in [6.45, 7) is 6.67. The molecule has 1 unspecified atom stereocenters. The van der Waals surface area contributed by atoms with Crippen molar-refractivity contribution < 1.29 is 9.59 Å². The number of carbonyl (C=O) groups excluding carboxylic acids is 2. The van der Waals surface area contributed by atoms with E-state index >= 15 is 0 Å². The number of piperazine rings is 1. The number of amides is 2. The van der Waals surface area contributed by atoms with Crippen LogP contribution in [0.3, 0.4) is 0 Å². The van der Waals surface area contributed by atoms with Gasteiger partial charge in [-0.25, -0.2) is 0 Å². The van der Waals surface area contributed by atoms with E-state index in [2.05, 4.69) is 25.2 Å². The van der Waals surface area contributed by atoms with E-state index in [0.717, 1.165) is 0 Å². The highest BCUT2D eigenvalue weighted by molar-refractivity contribution is 7.10. The zero-order valence-electron chi connectivity index (χ0n) is 10.9. The van der Waals surface area contributed by atoms with Crippen LogP contribution in [0.2, 0.25) is 0 Å². The molecule has 1 fully saturated rings. The van der Waals surface area contributed by atoms with Crippen LogP contribution in [-0.4, -0.2) is 35.8 Å². The van der Waals surface area contributed by atoms with Crippen LogP contribution in [0, 0.1) is 0 Å². The van der Waals surface area contributed by atoms with Gasteiger partial charge in [0.25, 0.3) is 0 Å². The van der Waals surface area contributed by atoms with Crippen molar-refractivity contribution in [1.29, 1.82) is 0 Å². The molecule has 98 valence electrons. The molecule has 1 aliphatic rings. The first-order chi connectivity index (χ1) is 8.40. The first-order valence-corrected chi connectivity index (χ1v) is 6.90. The maximum atomic E-state index is 12.0. The number of hydrogen-bond donors (Lipinski definition) is 1. The molecule has 0 aromatic carbocycles. The van der Waals surface area contributed by atoms with Crippen molar-refractivity contribution >= 4 is 23.2 Å². The molecule has 0 radical (unpaired) electrons. The lowest BCUT2D eigenvalue weighted by atomic mass is 9.90. The summed E-state index contributed by atoms with van der Waals surface area (Å²) >= 11 is 1.68. The lowest BCUT2D eigenvalue weighted by Gasteiger charge is -2.36. The number of nitrogens with one attached hydrogen (secondary N) is 1. The van der Waals surface area contributed by atoms with Gasteiger partial charge in [-0.15, -0.1) is 11.3 Å². The molecule has 0 bridgehead atoms. The summed E-state index contributed by atoms with van der Waals surface area (Å²) in [5.74, 6) is -0.0803. The van der Waals surface area contributed by atoms with Gasteiger partial charge >= 0.3 is 0 Å². The van der Waals surface area contributed by atoms with Gasteiger partial charge in [0.05, 0.1) is 6.54 Å². The average Bonchev–Trinajstić information content (AvgIpc) is 2.78. The maximum absolute atomic E-state index is 12.0. The molecular formula is C13H18N2O2S. The number of hydrogen-bond acceptors (Lipinski definition) is 3. The Balaban J connectivity index is 2.13. The van der Waals surface area contributed by atoms with Gasteiger partial charge in [-0.1, -0.05) is 19.9 Å². The van der Waals surface area contributed by atoms with Crippen LogP contribution in [0.15, 0.2) is 17.5 Å². The quantitative estimate of drug-likeness (QED) is 0.898. The van der Waals surface area contributed by atoms with E-state index in [0.29, 0.717) is 6.54 Å². The first kappa shape index (κ1) is 13.1. The van der Waals surface area contributed by atoms with Crippen LogP contribution < -0.4 is 5.32 Å². The van der Waals surface area contributed by atoms with Gasteiger partial charge in [0.2, 0.25) is 11.8 Å². The first-order valence-electron chi connectivity index (χ1n) is 6.02. The number of nitrogens with zero attached hydrogens (tertiary/aromatic N) is 1. The number of rotatable bonds is 3. The third-order valence-electron chi connectivity index (χ3n) is 3.17. The molecule has 5 heteroatoms. The lowest BCUT2D eigenvalue weighted by molar-refractivity contribution is -0.144. The van der Waals surface area contributed by atoms with Crippen molar-refractivity contribution in [2.24, 2.45) is 0 Å². The second kappa shape index (κ2) is 4.72. The van der Waals surface area contributed by atoms with Crippen LogP contribution in [0.25, 0.3) is 0 Å². The van der Waals surface area contributed by atoms with Crippen molar-refractivity contribution in [3.05, 3.63) is 22.4 Å². The van der Waals surface area contributed by atoms with Crippen LogP contribution in [0.4, 0.5) is 0 Å². The minimum atomic E-state index is -0.412. The second-order valence-corrected chi connectivity index (χ2v) is 6.29. The van der Waals surface area contributed by atoms with E-state index < -0.39 is 6.04 Å². The number of thiophene rings is 1. The lowest BCUT2D eigenvalue weighted by Crippen LogP contribution is -2.58. The topological polar surface area (TPSA) is 49.4 Å². The summed E-state index contributed by atoms with van der Waals surface area (Å²) in [6, 6.07) is 3.67. The minimum absolute atomic E-state index is 0.000712. The SMILES string of the molecule is CC1NC(=O)CN(CC(C)(C)c2cccs2)C1=O. The minimum Gasteiger partial charge on any atom is -0.343 e. The summed E-state index contributed by atoms with van der Waals surface area (Å²) in [7, 11) is 0. The molecule has 0 spiro atoms. The van der Waals surface area contributed by atoms with Crippen LogP contribution in [0.1, 0.15) is 25.6 Å². The average molecular weight is 266 g/mol. The van der Waals surface area contributed by atoms with Crippen molar-refractivity contribution in [2.75, 3.05) is 13.1 Å². The maximum Gasteiger partial charge on any atom is 0.245 e. The van der Waals surface area contributed by atoms with Crippen LogP contribution in [-0.2, 0) is 15.0 Å². The molecule has 2 heterocycles. The Morgan fingerprint density at radius 1 is 1.50 bits per heavy atom. The Bertz CT molecular complexity index is 454.